The Bertz CT molecular complexity index is 1190. The molecule has 1 saturated heterocycles. The molecule has 33 heavy (non-hydrogen) atoms. The van der Waals surface area contributed by atoms with Crippen LogP contribution in [0.15, 0.2) is 66.7 Å². The van der Waals surface area contributed by atoms with Crippen molar-refractivity contribution in [1.82, 2.24) is 0 Å². The van der Waals surface area contributed by atoms with E-state index in [-0.39, 0.29) is 17.5 Å². The highest BCUT2D eigenvalue weighted by Crippen LogP contribution is 2.29. The van der Waals surface area contributed by atoms with Gasteiger partial charge in [-0.15, -0.1) is 0 Å². The van der Waals surface area contributed by atoms with E-state index in [2.05, 4.69) is 53.2 Å². The average Bonchev–Trinajstić information content (AvgIpc) is 2.79. The first-order valence-electron chi connectivity index (χ1n) is 11.2. The number of amides is 1. The first-order chi connectivity index (χ1) is 15.8. The van der Waals surface area contributed by atoms with Crippen LogP contribution in [0.2, 0.25) is 0 Å². The number of hydrogen-bond acceptors (Lipinski definition) is 4. The predicted molar refractivity (Wildman–Crippen MR) is 133 cm³/mol. The van der Waals surface area contributed by atoms with E-state index in [0.717, 1.165) is 12.1 Å². The number of carbonyl (C=O) groups is 2. The van der Waals surface area contributed by atoms with Gasteiger partial charge in [0.25, 0.3) is 5.91 Å². The minimum Gasteiger partial charge on any atom is -0.478 e. The summed E-state index contributed by atoms with van der Waals surface area (Å²) in [7, 11) is 0. The van der Waals surface area contributed by atoms with E-state index in [4.69, 9.17) is 0 Å². The Balaban J connectivity index is 1.53. The van der Waals surface area contributed by atoms with Gasteiger partial charge in [0, 0.05) is 42.6 Å². The van der Waals surface area contributed by atoms with Gasteiger partial charge in [-0.25, -0.2) is 4.79 Å². The van der Waals surface area contributed by atoms with Crippen LogP contribution >= 0.6 is 0 Å². The molecule has 3 aromatic carbocycles. The van der Waals surface area contributed by atoms with E-state index in [0.29, 0.717) is 30.0 Å². The van der Waals surface area contributed by atoms with Gasteiger partial charge in [0.2, 0.25) is 0 Å². The quantitative estimate of drug-likeness (QED) is 0.583. The fourth-order valence-electron chi connectivity index (χ4n) is 4.45. The lowest BCUT2D eigenvalue weighted by Crippen LogP contribution is -2.52. The molecule has 0 unspecified atom stereocenters. The highest BCUT2D eigenvalue weighted by atomic mass is 16.4. The molecule has 0 spiro atoms. The average molecular weight is 444 g/mol. The van der Waals surface area contributed by atoms with Gasteiger partial charge in [-0.05, 0) is 68.3 Å². The number of nitrogens with zero attached hydrogens (tertiary/aromatic N) is 2. The highest BCUT2D eigenvalue weighted by Gasteiger charge is 2.27. The number of aryl methyl sites for hydroxylation is 2. The number of rotatable bonds is 5. The van der Waals surface area contributed by atoms with Crippen LogP contribution in [0.5, 0.6) is 0 Å². The molecule has 0 radical (unpaired) electrons. The summed E-state index contributed by atoms with van der Waals surface area (Å²) in [6.45, 7) is 8.35. The maximum absolute atomic E-state index is 12.7. The van der Waals surface area contributed by atoms with E-state index in [1.165, 1.54) is 11.3 Å². The molecular formula is C27H29N3O3. The van der Waals surface area contributed by atoms with Crippen molar-refractivity contribution in [1.29, 1.82) is 0 Å². The molecule has 0 bridgehead atoms. The molecule has 4 rings (SSSR count). The van der Waals surface area contributed by atoms with Crippen molar-refractivity contribution in [2.75, 3.05) is 34.8 Å². The number of benzene rings is 3. The summed E-state index contributed by atoms with van der Waals surface area (Å²) >= 11 is 0. The molecule has 1 aliphatic rings. The molecule has 0 aliphatic carbocycles. The van der Waals surface area contributed by atoms with Gasteiger partial charge in [-0.3, -0.25) is 4.79 Å². The van der Waals surface area contributed by atoms with Gasteiger partial charge in [-0.1, -0.05) is 30.3 Å². The lowest BCUT2D eigenvalue weighted by molar-refractivity contribution is 0.0697. The van der Waals surface area contributed by atoms with Crippen LogP contribution in [0.25, 0.3) is 0 Å². The molecule has 1 fully saturated rings. The Morgan fingerprint density at radius 1 is 0.939 bits per heavy atom. The Labute approximate surface area is 194 Å². The maximum atomic E-state index is 12.7. The molecule has 1 amide bonds. The topological polar surface area (TPSA) is 72.9 Å². The van der Waals surface area contributed by atoms with E-state index >= 15 is 0 Å². The molecule has 6 heteroatoms. The SMILES string of the molecule is Cc1cccc(N2CCN(c3ccc(NC(=O)c4ccccc4C)cc3C(=O)O)C[C@H]2C)c1. The Morgan fingerprint density at radius 2 is 1.73 bits per heavy atom. The van der Waals surface area contributed by atoms with Gasteiger partial charge in [-0.2, -0.15) is 0 Å². The van der Waals surface area contributed by atoms with Crippen LogP contribution in [0.4, 0.5) is 17.1 Å². The van der Waals surface area contributed by atoms with Crippen LogP contribution in [-0.2, 0) is 0 Å². The second-order valence-corrected chi connectivity index (χ2v) is 8.63. The Hall–Kier alpha value is -3.80. The molecule has 170 valence electrons. The standard InChI is InChI=1S/C27H29N3O3/c1-18-7-6-9-22(15-18)30-14-13-29(17-20(30)3)25-12-11-21(16-24(25)27(32)33)28-26(31)23-10-5-4-8-19(23)2/h4-12,15-16,20H,13-14,17H2,1-3H3,(H,28,31)(H,32,33)/t20-/m1/s1. The third-order valence-corrected chi connectivity index (χ3v) is 6.18. The number of carboxylic acid groups (broad SMARTS) is 1. The second-order valence-electron chi connectivity index (χ2n) is 8.63. The number of hydrogen-bond donors (Lipinski definition) is 2. The summed E-state index contributed by atoms with van der Waals surface area (Å²) in [5, 5.41) is 12.7. The third kappa shape index (κ3) is 4.85. The largest absolute Gasteiger partial charge is 0.478 e. The van der Waals surface area contributed by atoms with Crippen molar-refractivity contribution in [3.05, 3.63) is 89.0 Å². The molecule has 0 aromatic heterocycles. The Morgan fingerprint density at radius 3 is 2.42 bits per heavy atom. The fraction of sp³-hybridized carbons (Fsp3) is 0.259. The molecule has 1 aliphatic heterocycles. The second kappa shape index (κ2) is 9.36. The molecule has 3 aromatic rings. The van der Waals surface area contributed by atoms with Crippen LogP contribution in [-0.4, -0.2) is 42.7 Å². The van der Waals surface area contributed by atoms with Crippen molar-refractivity contribution >= 4 is 28.9 Å². The summed E-state index contributed by atoms with van der Waals surface area (Å²) in [5.41, 5.74) is 5.18. The minimum atomic E-state index is -1.01. The number of aromatic carboxylic acids is 1. The summed E-state index contributed by atoms with van der Waals surface area (Å²) in [4.78, 5) is 29.2. The number of piperazine rings is 1. The van der Waals surface area contributed by atoms with E-state index in [9.17, 15) is 14.7 Å². The number of carboxylic acids is 1. The van der Waals surface area contributed by atoms with Crippen LogP contribution in [0.1, 0.15) is 38.8 Å². The van der Waals surface area contributed by atoms with Crippen LogP contribution in [0, 0.1) is 13.8 Å². The van der Waals surface area contributed by atoms with Crippen molar-refractivity contribution in [2.45, 2.75) is 26.8 Å². The zero-order valence-corrected chi connectivity index (χ0v) is 19.2. The first kappa shape index (κ1) is 22.4. The monoisotopic (exact) mass is 443 g/mol. The van der Waals surface area contributed by atoms with Crippen molar-refractivity contribution in [2.24, 2.45) is 0 Å². The molecule has 6 nitrogen and oxygen atoms in total. The van der Waals surface area contributed by atoms with E-state index < -0.39 is 5.97 Å². The summed E-state index contributed by atoms with van der Waals surface area (Å²) in [5.74, 6) is -1.26. The smallest absolute Gasteiger partial charge is 0.337 e. The minimum absolute atomic E-state index is 0.189. The number of nitrogens with one attached hydrogen (secondary N) is 1. The summed E-state index contributed by atoms with van der Waals surface area (Å²) < 4.78 is 0. The predicted octanol–water partition coefficient (Wildman–Crippen LogP) is 4.97. The number of carbonyl (C=O) groups excluding carboxylic acids is 1. The zero-order valence-electron chi connectivity index (χ0n) is 19.2. The number of anilines is 3. The Kier molecular flexibility index (Phi) is 6.36. The van der Waals surface area contributed by atoms with Gasteiger partial charge in [0.15, 0.2) is 0 Å². The lowest BCUT2D eigenvalue weighted by atomic mass is 10.1. The van der Waals surface area contributed by atoms with Crippen molar-refractivity contribution in [3.8, 4) is 0 Å². The van der Waals surface area contributed by atoms with Gasteiger partial charge in [0.1, 0.15) is 0 Å². The van der Waals surface area contributed by atoms with E-state index in [1.807, 2.05) is 25.1 Å². The zero-order chi connectivity index (χ0) is 23.5. The fourth-order valence-corrected chi connectivity index (χ4v) is 4.45. The highest BCUT2D eigenvalue weighted by molar-refractivity contribution is 6.06. The molecule has 1 atom stereocenters. The van der Waals surface area contributed by atoms with E-state index in [1.54, 1.807) is 24.3 Å². The van der Waals surface area contributed by atoms with Gasteiger partial charge < -0.3 is 20.2 Å². The first-order valence-corrected chi connectivity index (χ1v) is 11.2. The van der Waals surface area contributed by atoms with Crippen molar-refractivity contribution < 1.29 is 14.7 Å². The lowest BCUT2D eigenvalue weighted by Gasteiger charge is -2.42. The van der Waals surface area contributed by atoms with Crippen LogP contribution < -0.4 is 15.1 Å². The maximum Gasteiger partial charge on any atom is 0.337 e. The molecule has 0 saturated carbocycles. The molecule has 2 N–H and O–H groups in total. The summed E-state index contributed by atoms with van der Waals surface area (Å²) in [6, 6.07) is 21.1. The molecular weight excluding hydrogens is 414 g/mol. The van der Waals surface area contributed by atoms with Crippen LogP contribution in [0.3, 0.4) is 0 Å². The molecule has 1 heterocycles. The summed E-state index contributed by atoms with van der Waals surface area (Å²) in [6.07, 6.45) is 0. The third-order valence-electron chi connectivity index (χ3n) is 6.18. The van der Waals surface area contributed by atoms with Gasteiger partial charge in [0.05, 0.1) is 11.3 Å². The van der Waals surface area contributed by atoms with Crippen molar-refractivity contribution in [3.63, 3.8) is 0 Å². The van der Waals surface area contributed by atoms with Gasteiger partial charge >= 0.3 is 5.97 Å². The normalized spacial score (nSPS) is 15.9.